The molecule has 4 nitrogen and oxygen atoms in total. The predicted molar refractivity (Wildman–Crippen MR) is 119 cm³/mol. The van der Waals surface area contributed by atoms with E-state index >= 15 is 0 Å². The summed E-state index contributed by atoms with van der Waals surface area (Å²) in [5.41, 5.74) is 1.73. The second kappa shape index (κ2) is 9.48. The van der Waals surface area contributed by atoms with Crippen LogP contribution in [0, 0.1) is 0 Å². The van der Waals surface area contributed by atoms with Crippen molar-refractivity contribution in [2.45, 2.75) is 0 Å². The van der Waals surface area contributed by atoms with Gasteiger partial charge in [0, 0.05) is 11.8 Å². The highest BCUT2D eigenvalue weighted by Gasteiger charge is 2.03. The first-order valence-electron chi connectivity index (χ1n) is 8.77. The first-order chi connectivity index (χ1) is 13.7. The van der Waals surface area contributed by atoms with Crippen molar-refractivity contribution in [1.82, 2.24) is 5.32 Å². The van der Waals surface area contributed by atoms with Crippen molar-refractivity contribution < 1.29 is 9.53 Å². The summed E-state index contributed by atoms with van der Waals surface area (Å²) in [5.74, 6) is 0.440. The van der Waals surface area contributed by atoms with Crippen LogP contribution in [0.5, 0.6) is 5.75 Å². The molecule has 3 aromatic carbocycles. The highest BCUT2D eigenvalue weighted by Crippen LogP contribution is 2.19. The molecule has 0 fully saturated rings. The molecule has 0 aliphatic carbocycles. The Morgan fingerprint density at radius 1 is 1.04 bits per heavy atom. The molecule has 0 atom stereocenters. The lowest BCUT2D eigenvalue weighted by Crippen LogP contribution is -2.32. The largest absolute Gasteiger partial charge is 0.490 e. The summed E-state index contributed by atoms with van der Waals surface area (Å²) in [6.07, 6.45) is 4.94. The van der Waals surface area contributed by atoms with Gasteiger partial charge in [0.05, 0.1) is 0 Å². The lowest BCUT2D eigenvalue weighted by molar-refractivity contribution is -0.115. The van der Waals surface area contributed by atoms with Crippen LogP contribution in [0.2, 0.25) is 0 Å². The molecule has 0 unspecified atom stereocenters. The van der Waals surface area contributed by atoms with Crippen LogP contribution < -0.4 is 15.4 Å². The number of amides is 1. The first-order valence-corrected chi connectivity index (χ1v) is 9.18. The molecule has 5 heteroatoms. The molecule has 28 heavy (non-hydrogen) atoms. The summed E-state index contributed by atoms with van der Waals surface area (Å²) in [4.78, 5) is 12.2. The Kier molecular flexibility index (Phi) is 6.54. The van der Waals surface area contributed by atoms with Crippen molar-refractivity contribution in [3.05, 3.63) is 91.0 Å². The number of ether oxygens (including phenoxy) is 1. The van der Waals surface area contributed by atoms with Gasteiger partial charge in [-0.2, -0.15) is 0 Å². The van der Waals surface area contributed by atoms with E-state index in [9.17, 15) is 4.79 Å². The van der Waals surface area contributed by atoms with Crippen LogP contribution in [0.3, 0.4) is 0 Å². The summed E-state index contributed by atoms with van der Waals surface area (Å²) in [6, 6.07) is 21.3. The number of carbonyl (C=O) groups excluding carboxylic acids is 1. The van der Waals surface area contributed by atoms with E-state index in [4.69, 9.17) is 17.0 Å². The van der Waals surface area contributed by atoms with Crippen LogP contribution in [0.15, 0.2) is 85.5 Å². The number of nitrogens with one attached hydrogen (secondary N) is 2. The fourth-order valence-electron chi connectivity index (χ4n) is 2.67. The zero-order chi connectivity index (χ0) is 19.8. The minimum atomic E-state index is -0.295. The van der Waals surface area contributed by atoms with Crippen LogP contribution in [-0.2, 0) is 4.79 Å². The van der Waals surface area contributed by atoms with Gasteiger partial charge in [0.1, 0.15) is 12.4 Å². The van der Waals surface area contributed by atoms with Crippen LogP contribution in [0.4, 0.5) is 5.69 Å². The molecule has 0 radical (unpaired) electrons. The lowest BCUT2D eigenvalue weighted by atomic mass is 10.0. The highest BCUT2D eigenvalue weighted by atomic mass is 32.1. The van der Waals surface area contributed by atoms with Crippen molar-refractivity contribution in [2.75, 3.05) is 11.9 Å². The maximum atomic E-state index is 12.2. The Morgan fingerprint density at radius 3 is 2.57 bits per heavy atom. The second-order valence-electron chi connectivity index (χ2n) is 5.97. The fraction of sp³-hybridized carbons (Fsp3) is 0.0435. The van der Waals surface area contributed by atoms with E-state index in [2.05, 4.69) is 17.2 Å². The minimum Gasteiger partial charge on any atom is -0.490 e. The van der Waals surface area contributed by atoms with Gasteiger partial charge in [-0.15, -0.1) is 0 Å². The zero-order valence-corrected chi connectivity index (χ0v) is 16.0. The van der Waals surface area contributed by atoms with Gasteiger partial charge >= 0.3 is 0 Å². The van der Waals surface area contributed by atoms with Crippen LogP contribution >= 0.6 is 12.2 Å². The van der Waals surface area contributed by atoms with Crippen molar-refractivity contribution in [3.63, 3.8) is 0 Å². The van der Waals surface area contributed by atoms with E-state index < -0.39 is 0 Å². The monoisotopic (exact) mass is 388 g/mol. The number of hydrogen-bond donors (Lipinski definition) is 2. The Hall–Kier alpha value is -3.44. The summed E-state index contributed by atoms with van der Waals surface area (Å²) in [6.45, 7) is 4.06. The number of fused-ring (bicyclic) bond motifs is 1. The van der Waals surface area contributed by atoms with E-state index in [-0.39, 0.29) is 11.0 Å². The molecule has 0 spiro atoms. The highest BCUT2D eigenvalue weighted by molar-refractivity contribution is 7.80. The minimum absolute atomic E-state index is 0.229. The predicted octanol–water partition coefficient (Wildman–Crippen LogP) is 4.93. The molecule has 0 aliphatic rings. The van der Waals surface area contributed by atoms with Gasteiger partial charge in [-0.05, 0) is 58.9 Å². The number of benzene rings is 3. The quantitative estimate of drug-likeness (QED) is 0.357. The number of hydrogen-bond acceptors (Lipinski definition) is 3. The Morgan fingerprint density at radius 2 is 1.79 bits per heavy atom. The number of anilines is 1. The second-order valence-corrected chi connectivity index (χ2v) is 6.38. The molecule has 0 heterocycles. The van der Waals surface area contributed by atoms with Crippen molar-refractivity contribution in [3.8, 4) is 5.75 Å². The Balaban J connectivity index is 1.57. The van der Waals surface area contributed by atoms with Gasteiger partial charge in [0.15, 0.2) is 5.11 Å². The standard InChI is InChI=1S/C23H20N2O2S/c1-2-16-27-20-13-11-19(12-14-20)24-23(28)25-22(26)15-10-18-8-5-7-17-6-3-4-9-21(17)18/h2-15H,1,16H2,(H2,24,25,26,28)/b15-10+. The average molecular weight is 388 g/mol. The number of thiocarbonyl (C=S) groups is 1. The third kappa shape index (κ3) is 5.28. The summed E-state index contributed by atoms with van der Waals surface area (Å²) < 4.78 is 5.43. The topological polar surface area (TPSA) is 50.4 Å². The van der Waals surface area contributed by atoms with Gasteiger partial charge in [0.2, 0.25) is 5.91 Å². The zero-order valence-electron chi connectivity index (χ0n) is 15.2. The van der Waals surface area contributed by atoms with Gasteiger partial charge in [-0.3, -0.25) is 10.1 Å². The van der Waals surface area contributed by atoms with Crippen LogP contribution in [0.25, 0.3) is 16.8 Å². The molecular formula is C23H20N2O2S. The molecular weight excluding hydrogens is 368 g/mol. The molecule has 0 aromatic heterocycles. The summed E-state index contributed by atoms with van der Waals surface area (Å²) in [7, 11) is 0. The number of rotatable bonds is 6. The average Bonchev–Trinajstić information content (AvgIpc) is 2.71. The third-order valence-electron chi connectivity index (χ3n) is 3.95. The van der Waals surface area contributed by atoms with E-state index in [0.717, 1.165) is 27.8 Å². The Labute approximate surface area is 169 Å². The molecule has 1 amide bonds. The third-order valence-corrected chi connectivity index (χ3v) is 4.16. The van der Waals surface area contributed by atoms with E-state index in [1.807, 2.05) is 66.7 Å². The van der Waals surface area contributed by atoms with Crippen LogP contribution in [-0.4, -0.2) is 17.6 Å². The molecule has 0 saturated heterocycles. The van der Waals surface area contributed by atoms with E-state index in [1.165, 1.54) is 6.08 Å². The van der Waals surface area contributed by atoms with Crippen molar-refractivity contribution in [1.29, 1.82) is 0 Å². The molecule has 0 aliphatic heterocycles. The van der Waals surface area contributed by atoms with Crippen molar-refractivity contribution in [2.24, 2.45) is 0 Å². The summed E-state index contributed by atoms with van der Waals surface area (Å²) >= 11 is 5.20. The molecule has 3 rings (SSSR count). The van der Waals surface area contributed by atoms with Gasteiger partial charge in [-0.1, -0.05) is 55.1 Å². The summed E-state index contributed by atoms with van der Waals surface area (Å²) in [5, 5.41) is 8.07. The lowest BCUT2D eigenvalue weighted by Gasteiger charge is -2.09. The van der Waals surface area contributed by atoms with E-state index in [0.29, 0.717) is 6.61 Å². The van der Waals surface area contributed by atoms with Gasteiger partial charge in [-0.25, -0.2) is 0 Å². The van der Waals surface area contributed by atoms with Gasteiger partial charge < -0.3 is 10.1 Å². The molecule has 140 valence electrons. The molecule has 0 saturated carbocycles. The number of carbonyl (C=O) groups is 1. The molecule has 2 N–H and O–H groups in total. The Bertz CT molecular complexity index is 1020. The molecule has 0 bridgehead atoms. The maximum absolute atomic E-state index is 12.2. The SMILES string of the molecule is C=CCOc1ccc(NC(=S)NC(=O)/C=C/c2cccc3ccccc23)cc1. The van der Waals surface area contributed by atoms with Crippen LogP contribution in [0.1, 0.15) is 5.56 Å². The van der Waals surface area contributed by atoms with Crippen molar-refractivity contribution >= 4 is 45.8 Å². The first kappa shape index (κ1) is 19.3. The smallest absolute Gasteiger partial charge is 0.250 e. The van der Waals surface area contributed by atoms with Gasteiger partial charge in [0.25, 0.3) is 0 Å². The van der Waals surface area contributed by atoms with E-state index in [1.54, 1.807) is 12.2 Å². The normalized spacial score (nSPS) is 10.6. The molecule has 3 aromatic rings. The fourth-order valence-corrected chi connectivity index (χ4v) is 2.89. The maximum Gasteiger partial charge on any atom is 0.250 e.